The van der Waals surface area contributed by atoms with Crippen LogP contribution in [0.15, 0.2) is 0 Å². The van der Waals surface area contributed by atoms with Crippen molar-refractivity contribution in [2.45, 2.75) is 20.0 Å². The quantitative estimate of drug-likeness (QED) is 0.568. The average Bonchev–Trinajstić information content (AvgIpc) is 1.63. The van der Waals surface area contributed by atoms with Crippen molar-refractivity contribution in [1.82, 2.24) is 4.89 Å². The standard InChI is InChI=1S/C3H8NO4S/c1-3(2)8-9(6,7)4-5/h3-4H,1-2H3/q-1. The van der Waals surface area contributed by atoms with Crippen LogP contribution < -0.4 is 4.89 Å². The van der Waals surface area contributed by atoms with Gasteiger partial charge in [0.2, 0.25) is 0 Å². The van der Waals surface area contributed by atoms with E-state index < -0.39 is 16.4 Å². The monoisotopic (exact) mass is 154 g/mol. The molecule has 0 aliphatic heterocycles. The summed E-state index contributed by atoms with van der Waals surface area (Å²) in [6, 6.07) is 0. The van der Waals surface area contributed by atoms with Gasteiger partial charge in [0.15, 0.2) is 0 Å². The molecule has 0 spiro atoms. The van der Waals surface area contributed by atoms with E-state index in [0.717, 1.165) is 4.89 Å². The first kappa shape index (κ1) is 8.83. The highest BCUT2D eigenvalue weighted by molar-refractivity contribution is 7.84. The molecule has 0 fully saturated rings. The Morgan fingerprint density at radius 2 is 2.00 bits per heavy atom. The maximum absolute atomic E-state index is 10.2. The molecule has 9 heavy (non-hydrogen) atoms. The van der Waals surface area contributed by atoms with Crippen molar-refractivity contribution in [2.75, 3.05) is 0 Å². The molecule has 0 aromatic heterocycles. The molecular formula is C3H8NO4S-. The van der Waals surface area contributed by atoms with Gasteiger partial charge in [-0.2, -0.15) is 8.42 Å². The highest BCUT2D eigenvalue weighted by Gasteiger charge is 2.05. The summed E-state index contributed by atoms with van der Waals surface area (Å²) in [5, 5.41) is 9.52. The van der Waals surface area contributed by atoms with E-state index in [1.807, 2.05) is 0 Å². The minimum Gasteiger partial charge on any atom is -0.773 e. The molecule has 0 aromatic rings. The van der Waals surface area contributed by atoms with Crippen LogP contribution >= 0.6 is 0 Å². The molecule has 0 saturated heterocycles. The van der Waals surface area contributed by atoms with Gasteiger partial charge >= 0.3 is 10.3 Å². The summed E-state index contributed by atoms with van der Waals surface area (Å²) in [6.45, 7) is 3.02. The summed E-state index contributed by atoms with van der Waals surface area (Å²) in [7, 11) is -4.02. The number of nitrogens with one attached hydrogen (secondary N) is 1. The molecule has 0 radical (unpaired) electrons. The molecule has 0 saturated carbocycles. The zero-order valence-corrected chi connectivity index (χ0v) is 5.94. The van der Waals surface area contributed by atoms with Crippen molar-refractivity contribution >= 4 is 10.3 Å². The Kier molecular flexibility index (Phi) is 3.06. The second-order valence-electron chi connectivity index (χ2n) is 1.68. The predicted octanol–water partition coefficient (Wildman–Crippen LogP) is -0.256. The van der Waals surface area contributed by atoms with Crippen LogP contribution in [0.5, 0.6) is 0 Å². The molecule has 0 bridgehead atoms. The summed E-state index contributed by atoms with van der Waals surface area (Å²) >= 11 is 0. The molecule has 0 rings (SSSR count). The van der Waals surface area contributed by atoms with Gasteiger partial charge in [-0.15, -0.1) is 0 Å². The van der Waals surface area contributed by atoms with Gasteiger partial charge in [0.25, 0.3) is 0 Å². The number of hydrogen-bond donors (Lipinski definition) is 1. The molecule has 6 heteroatoms. The van der Waals surface area contributed by atoms with E-state index in [-0.39, 0.29) is 0 Å². The third-order valence-electron chi connectivity index (χ3n) is 0.421. The first-order valence-corrected chi connectivity index (χ1v) is 3.71. The lowest BCUT2D eigenvalue weighted by atomic mass is 10.5. The predicted molar refractivity (Wildman–Crippen MR) is 31.6 cm³/mol. The molecule has 0 atom stereocenters. The van der Waals surface area contributed by atoms with Crippen LogP contribution in [0.3, 0.4) is 0 Å². The minimum atomic E-state index is -4.02. The van der Waals surface area contributed by atoms with Gasteiger partial charge in [-0.3, -0.25) is 9.07 Å². The smallest absolute Gasteiger partial charge is 0.324 e. The van der Waals surface area contributed by atoms with Gasteiger partial charge in [0.1, 0.15) is 0 Å². The van der Waals surface area contributed by atoms with Crippen molar-refractivity contribution < 1.29 is 12.6 Å². The molecule has 0 aromatic carbocycles. The Labute approximate surface area is 53.9 Å². The zero-order valence-electron chi connectivity index (χ0n) is 5.12. The third kappa shape index (κ3) is 4.34. The van der Waals surface area contributed by atoms with E-state index in [0.29, 0.717) is 0 Å². The lowest BCUT2D eigenvalue weighted by Crippen LogP contribution is -2.22. The fourth-order valence-electron chi connectivity index (χ4n) is 0.273. The molecule has 0 aliphatic carbocycles. The molecule has 0 heterocycles. The third-order valence-corrected chi connectivity index (χ3v) is 1.26. The van der Waals surface area contributed by atoms with E-state index in [2.05, 4.69) is 4.18 Å². The second kappa shape index (κ2) is 3.11. The van der Waals surface area contributed by atoms with Crippen LogP contribution in [-0.2, 0) is 14.5 Å². The molecular weight excluding hydrogens is 146 g/mol. The fraction of sp³-hybridized carbons (Fsp3) is 1.00. The molecule has 0 amide bonds. The largest absolute Gasteiger partial charge is 0.773 e. The molecule has 5 nitrogen and oxygen atoms in total. The highest BCUT2D eigenvalue weighted by Crippen LogP contribution is 1.93. The summed E-state index contributed by atoms with van der Waals surface area (Å²) < 4.78 is 24.5. The van der Waals surface area contributed by atoms with Crippen molar-refractivity contribution in [3.8, 4) is 0 Å². The Hall–Kier alpha value is -0.170. The first-order chi connectivity index (χ1) is 3.98. The highest BCUT2D eigenvalue weighted by atomic mass is 32.2. The molecule has 1 N–H and O–H groups in total. The normalized spacial score (nSPS) is 12.4. The van der Waals surface area contributed by atoms with Gasteiger partial charge in [-0.25, -0.2) is 0 Å². The van der Waals surface area contributed by atoms with E-state index >= 15 is 0 Å². The summed E-state index contributed by atoms with van der Waals surface area (Å²) in [6.07, 6.45) is -0.503. The van der Waals surface area contributed by atoms with Crippen LogP contribution in [0.25, 0.3) is 0 Å². The van der Waals surface area contributed by atoms with Crippen LogP contribution in [0.2, 0.25) is 0 Å². The van der Waals surface area contributed by atoms with E-state index in [4.69, 9.17) is 0 Å². The van der Waals surface area contributed by atoms with Gasteiger partial charge in [0.05, 0.1) is 6.10 Å². The van der Waals surface area contributed by atoms with Crippen molar-refractivity contribution in [3.05, 3.63) is 5.21 Å². The maximum Gasteiger partial charge on any atom is 0.324 e. The van der Waals surface area contributed by atoms with Gasteiger partial charge in [-0.05, 0) is 13.8 Å². The topological polar surface area (TPSA) is 78.5 Å². The SMILES string of the molecule is CC(C)OS(=O)(=O)N[O-]. The maximum atomic E-state index is 10.2. The first-order valence-electron chi connectivity index (χ1n) is 2.30. The van der Waals surface area contributed by atoms with Crippen molar-refractivity contribution in [1.29, 1.82) is 0 Å². The molecule has 56 valence electrons. The molecule has 0 unspecified atom stereocenters. The van der Waals surface area contributed by atoms with Crippen LogP contribution in [0.4, 0.5) is 0 Å². The van der Waals surface area contributed by atoms with E-state index in [1.165, 1.54) is 13.8 Å². The zero-order chi connectivity index (χ0) is 7.49. The van der Waals surface area contributed by atoms with Crippen molar-refractivity contribution in [3.63, 3.8) is 0 Å². The van der Waals surface area contributed by atoms with Crippen LogP contribution in [0.1, 0.15) is 13.8 Å². The Morgan fingerprint density at radius 3 is 2.11 bits per heavy atom. The Morgan fingerprint density at radius 1 is 1.56 bits per heavy atom. The lowest BCUT2D eigenvalue weighted by molar-refractivity contribution is 0.246. The summed E-state index contributed by atoms with van der Waals surface area (Å²) in [4.78, 5) is 0.773. The lowest BCUT2D eigenvalue weighted by Gasteiger charge is -2.10. The second-order valence-corrected chi connectivity index (χ2v) is 2.95. The van der Waals surface area contributed by atoms with Crippen molar-refractivity contribution in [2.24, 2.45) is 0 Å². The van der Waals surface area contributed by atoms with Gasteiger partial charge < -0.3 is 5.21 Å². The van der Waals surface area contributed by atoms with Gasteiger partial charge in [0, 0.05) is 0 Å². The number of rotatable bonds is 3. The van der Waals surface area contributed by atoms with E-state index in [1.54, 1.807) is 0 Å². The van der Waals surface area contributed by atoms with E-state index in [9.17, 15) is 13.6 Å². The minimum absolute atomic E-state index is 0.503. The Bertz CT molecular complexity index is 161. The summed E-state index contributed by atoms with van der Waals surface area (Å²) in [5.74, 6) is 0. The van der Waals surface area contributed by atoms with Gasteiger partial charge in [-0.1, -0.05) is 0 Å². The number of hydrogen-bond acceptors (Lipinski definition) is 4. The van der Waals surface area contributed by atoms with Crippen LogP contribution in [0, 0.1) is 5.21 Å². The Balaban J connectivity index is 3.90. The molecule has 0 aliphatic rings. The average molecular weight is 154 g/mol. The fourth-order valence-corrected chi connectivity index (χ4v) is 0.819. The summed E-state index contributed by atoms with van der Waals surface area (Å²) in [5.41, 5.74) is 0. The van der Waals surface area contributed by atoms with Crippen LogP contribution in [-0.4, -0.2) is 14.5 Å².